The van der Waals surface area contributed by atoms with Crippen molar-refractivity contribution >= 4 is 0 Å². The lowest BCUT2D eigenvalue weighted by atomic mass is 9.68. The molecule has 106 valence electrons. The van der Waals surface area contributed by atoms with Crippen LogP contribution in [-0.2, 0) is 0 Å². The van der Waals surface area contributed by atoms with Crippen molar-refractivity contribution in [1.82, 2.24) is 0 Å². The highest BCUT2D eigenvalue weighted by Gasteiger charge is 2.32. The highest BCUT2D eigenvalue weighted by Crippen LogP contribution is 2.42. The van der Waals surface area contributed by atoms with Gasteiger partial charge in [-0.25, -0.2) is 4.39 Å². The van der Waals surface area contributed by atoms with E-state index in [9.17, 15) is 4.39 Å². The minimum Gasteiger partial charge on any atom is -0.247 e. The predicted molar refractivity (Wildman–Crippen MR) is 76.4 cm³/mol. The van der Waals surface area contributed by atoms with E-state index in [0.29, 0.717) is 18.3 Å². The molecule has 0 aliphatic heterocycles. The van der Waals surface area contributed by atoms with Crippen LogP contribution in [0.5, 0.6) is 0 Å². The predicted octanol–water partition coefficient (Wildman–Crippen LogP) is 5.76. The Labute approximate surface area is 113 Å². The van der Waals surface area contributed by atoms with Crippen LogP contribution in [0.3, 0.4) is 0 Å². The number of alkyl halides is 1. The Kier molecular flexibility index (Phi) is 5.51. The second-order valence-electron chi connectivity index (χ2n) is 6.86. The van der Waals surface area contributed by atoms with E-state index in [-0.39, 0.29) is 0 Å². The van der Waals surface area contributed by atoms with E-state index in [1.165, 1.54) is 57.8 Å². The van der Waals surface area contributed by atoms with Crippen molar-refractivity contribution in [1.29, 1.82) is 0 Å². The van der Waals surface area contributed by atoms with Crippen LogP contribution in [-0.4, -0.2) is 6.17 Å². The Morgan fingerprint density at radius 2 is 1.44 bits per heavy atom. The zero-order valence-corrected chi connectivity index (χ0v) is 12.3. The topological polar surface area (TPSA) is 0 Å². The average molecular weight is 254 g/mol. The minimum atomic E-state index is -0.568. The fourth-order valence-corrected chi connectivity index (χ4v) is 4.41. The Morgan fingerprint density at radius 3 is 2.00 bits per heavy atom. The first kappa shape index (κ1) is 14.3. The van der Waals surface area contributed by atoms with Crippen molar-refractivity contribution in [2.45, 2.75) is 84.2 Å². The zero-order valence-electron chi connectivity index (χ0n) is 12.3. The van der Waals surface area contributed by atoms with Gasteiger partial charge in [0.25, 0.3) is 0 Å². The number of hydrogen-bond acceptors (Lipinski definition) is 0. The number of halogens is 1. The molecule has 0 bridgehead atoms. The maximum atomic E-state index is 13.8. The SMILES string of the molecule is CCC(F)C(C)C1CCC(C2CCCCC2)CC1. The molecule has 0 heterocycles. The lowest BCUT2D eigenvalue weighted by molar-refractivity contribution is 0.102. The van der Waals surface area contributed by atoms with Gasteiger partial charge in [0, 0.05) is 0 Å². The van der Waals surface area contributed by atoms with Gasteiger partial charge >= 0.3 is 0 Å². The van der Waals surface area contributed by atoms with Gasteiger partial charge in [0.15, 0.2) is 0 Å². The first-order valence-corrected chi connectivity index (χ1v) is 8.36. The highest BCUT2D eigenvalue weighted by molar-refractivity contribution is 4.83. The van der Waals surface area contributed by atoms with Gasteiger partial charge in [-0.3, -0.25) is 0 Å². The van der Waals surface area contributed by atoms with Crippen molar-refractivity contribution in [3.8, 4) is 0 Å². The van der Waals surface area contributed by atoms with Crippen LogP contribution in [0.4, 0.5) is 4.39 Å². The summed E-state index contributed by atoms with van der Waals surface area (Å²) in [4.78, 5) is 0. The van der Waals surface area contributed by atoms with Crippen LogP contribution in [0.1, 0.15) is 78.1 Å². The van der Waals surface area contributed by atoms with E-state index in [0.717, 1.165) is 11.8 Å². The maximum absolute atomic E-state index is 13.8. The highest BCUT2D eigenvalue weighted by atomic mass is 19.1. The Hall–Kier alpha value is -0.0700. The van der Waals surface area contributed by atoms with Crippen LogP contribution in [0.15, 0.2) is 0 Å². The second kappa shape index (κ2) is 6.91. The number of hydrogen-bond donors (Lipinski definition) is 0. The van der Waals surface area contributed by atoms with Crippen LogP contribution < -0.4 is 0 Å². The summed E-state index contributed by atoms with van der Waals surface area (Å²) in [6.07, 6.45) is 12.8. The van der Waals surface area contributed by atoms with Crippen LogP contribution in [0.25, 0.3) is 0 Å². The third-order valence-corrected chi connectivity index (χ3v) is 5.84. The Bertz CT molecular complexity index is 214. The van der Waals surface area contributed by atoms with Gasteiger partial charge in [0.05, 0.1) is 0 Å². The van der Waals surface area contributed by atoms with Crippen molar-refractivity contribution in [3.63, 3.8) is 0 Å². The molecule has 2 rings (SSSR count). The van der Waals surface area contributed by atoms with Gasteiger partial charge in [-0.2, -0.15) is 0 Å². The maximum Gasteiger partial charge on any atom is 0.103 e. The molecule has 0 aromatic heterocycles. The van der Waals surface area contributed by atoms with E-state index in [1.807, 2.05) is 6.92 Å². The quantitative estimate of drug-likeness (QED) is 0.598. The van der Waals surface area contributed by atoms with Crippen LogP contribution in [0.2, 0.25) is 0 Å². The summed E-state index contributed by atoms with van der Waals surface area (Å²) in [5, 5.41) is 0. The van der Waals surface area contributed by atoms with E-state index in [4.69, 9.17) is 0 Å². The lowest BCUT2D eigenvalue weighted by Crippen LogP contribution is -2.29. The average Bonchev–Trinajstić information content (AvgIpc) is 2.47. The molecular formula is C17H31F. The molecule has 0 nitrogen and oxygen atoms in total. The van der Waals surface area contributed by atoms with Crippen molar-refractivity contribution in [2.24, 2.45) is 23.7 Å². The summed E-state index contributed by atoms with van der Waals surface area (Å²) in [7, 11) is 0. The molecule has 0 saturated heterocycles. The standard InChI is InChI=1S/C17H31F/c1-3-17(18)13(2)14-9-11-16(12-10-14)15-7-5-4-6-8-15/h13-17H,3-12H2,1-2H3. The van der Waals surface area contributed by atoms with Gasteiger partial charge in [-0.1, -0.05) is 46.0 Å². The molecule has 0 spiro atoms. The number of rotatable bonds is 4. The second-order valence-corrected chi connectivity index (χ2v) is 6.86. The molecule has 0 aromatic rings. The van der Waals surface area contributed by atoms with Gasteiger partial charge in [-0.05, 0) is 55.8 Å². The molecule has 2 unspecified atom stereocenters. The molecule has 0 N–H and O–H groups in total. The first-order valence-electron chi connectivity index (χ1n) is 8.36. The summed E-state index contributed by atoms with van der Waals surface area (Å²) in [5.74, 6) is 2.96. The summed E-state index contributed by atoms with van der Waals surface area (Å²) < 4.78 is 13.8. The molecule has 2 atom stereocenters. The van der Waals surface area contributed by atoms with Crippen LogP contribution >= 0.6 is 0 Å². The summed E-state index contributed by atoms with van der Waals surface area (Å²) in [6.45, 7) is 4.12. The largest absolute Gasteiger partial charge is 0.247 e. The van der Waals surface area contributed by atoms with Crippen molar-refractivity contribution in [3.05, 3.63) is 0 Å². The summed E-state index contributed by atoms with van der Waals surface area (Å²) in [5.41, 5.74) is 0. The lowest BCUT2D eigenvalue weighted by Gasteiger charge is -2.38. The van der Waals surface area contributed by atoms with E-state index < -0.39 is 6.17 Å². The molecule has 1 heteroatoms. The molecule has 2 fully saturated rings. The third-order valence-electron chi connectivity index (χ3n) is 5.84. The molecule has 2 aliphatic rings. The fraction of sp³-hybridized carbons (Fsp3) is 1.00. The monoisotopic (exact) mass is 254 g/mol. The van der Waals surface area contributed by atoms with Crippen molar-refractivity contribution in [2.75, 3.05) is 0 Å². The molecule has 0 radical (unpaired) electrons. The molecule has 0 aromatic carbocycles. The molecule has 2 saturated carbocycles. The van der Waals surface area contributed by atoms with Gasteiger partial charge < -0.3 is 0 Å². The van der Waals surface area contributed by atoms with E-state index in [2.05, 4.69) is 6.92 Å². The fourth-order valence-electron chi connectivity index (χ4n) is 4.41. The van der Waals surface area contributed by atoms with Gasteiger partial charge in [0.2, 0.25) is 0 Å². The molecule has 2 aliphatic carbocycles. The first-order chi connectivity index (χ1) is 8.72. The normalized spacial score (nSPS) is 34.2. The van der Waals surface area contributed by atoms with E-state index >= 15 is 0 Å². The molecular weight excluding hydrogens is 223 g/mol. The van der Waals surface area contributed by atoms with Gasteiger partial charge in [-0.15, -0.1) is 0 Å². The third kappa shape index (κ3) is 3.48. The van der Waals surface area contributed by atoms with E-state index in [1.54, 1.807) is 0 Å². The van der Waals surface area contributed by atoms with Gasteiger partial charge in [0.1, 0.15) is 6.17 Å². The molecule has 18 heavy (non-hydrogen) atoms. The summed E-state index contributed by atoms with van der Waals surface area (Å²) in [6, 6.07) is 0. The summed E-state index contributed by atoms with van der Waals surface area (Å²) >= 11 is 0. The Morgan fingerprint density at radius 1 is 0.889 bits per heavy atom. The van der Waals surface area contributed by atoms with Crippen LogP contribution in [0, 0.1) is 23.7 Å². The minimum absolute atomic E-state index is 0.294. The molecule has 0 amide bonds. The smallest absolute Gasteiger partial charge is 0.103 e. The Balaban J connectivity index is 1.76. The zero-order chi connectivity index (χ0) is 13.0. The van der Waals surface area contributed by atoms with Crippen molar-refractivity contribution < 1.29 is 4.39 Å².